The average Bonchev–Trinajstić information content (AvgIpc) is 2.72. The first kappa shape index (κ1) is 14.8. The van der Waals surface area contributed by atoms with Gasteiger partial charge in [-0.05, 0) is 12.1 Å². The Morgan fingerprint density at radius 3 is 2.48 bits per heavy atom. The molecule has 9 heteroatoms. The zero-order valence-electron chi connectivity index (χ0n) is 12.2. The van der Waals surface area contributed by atoms with Gasteiger partial charge >= 0.3 is 17.8 Å². The Balaban J connectivity index is 1.67. The van der Waals surface area contributed by atoms with E-state index >= 15 is 0 Å². The molecule has 23 heavy (non-hydrogen) atoms. The number of nitrogens with one attached hydrogen (secondary N) is 1. The van der Waals surface area contributed by atoms with Gasteiger partial charge in [0.1, 0.15) is 19.8 Å². The fourth-order valence-corrected chi connectivity index (χ4v) is 2.22. The predicted molar refractivity (Wildman–Crippen MR) is 75.9 cm³/mol. The molecule has 0 bridgehead atoms. The summed E-state index contributed by atoms with van der Waals surface area (Å²) in [5, 5.41) is 2.54. The number of fused-ring (bicyclic) bond motifs is 1. The van der Waals surface area contributed by atoms with Gasteiger partial charge in [0.2, 0.25) is 5.91 Å². The number of benzene rings is 1. The molecule has 1 saturated heterocycles. The van der Waals surface area contributed by atoms with E-state index in [0.717, 1.165) is 0 Å². The minimum Gasteiger partial charge on any atom is -0.486 e. The number of rotatable bonds is 3. The zero-order valence-corrected chi connectivity index (χ0v) is 12.2. The van der Waals surface area contributed by atoms with E-state index in [-0.39, 0.29) is 0 Å². The lowest BCUT2D eigenvalue weighted by Crippen LogP contribution is -2.38. The van der Waals surface area contributed by atoms with Gasteiger partial charge in [-0.15, -0.1) is 0 Å². The van der Waals surface area contributed by atoms with Crippen LogP contribution in [-0.4, -0.2) is 60.4 Å². The summed E-state index contributed by atoms with van der Waals surface area (Å²) in [6, 6.07) is 4.01. The minimum absolute atomic E-state index is 0.412. The van der Waals surface area contributed by atoms with E-state index in [2.05, 4.69) is 5.32 Å². The molecule has 1 aromatic carbocycles. The van der Waals surface area contributed by atoms with Crippen LogP contribution < -0.4 is 14.8 Å². The quantitative estimate of drug-likeness (QED) is 0.612. The van der Waals surface area contributed by atoms with Gasteiger partial charge in [0.15, 0.2) is 11.5 Å². The number of hydrogen-bond acceptors (Lipinski definition) is 6. The third-order valence-corrected chi connectivity index (χ3v) is 3.38. The molecule has 5 amide bonds. The molecule has 1 fully saturated rings. The molecule has 0 aliphatic carbocycles. The lowest BCUT2D eigenvalue weighted by molar-refractivity contribution is -0.143. The van der Waals surface area contributed by atoms with Crippen LogP contribution in [0.5, 0.6) is 11.5 Å². The van der Waals surface area contributed by atoms with Gasteiger partial charge in [0.05, 0.1) is 0 Å². The normalized spacial score (nSPS) is 16.8. The minimum atomic E-state index is -1.02. The van der Waals surface area contributed by atoms with Crippen molar-refractivity contribution in [2.45, 2.75) is 0 Å². The van der Waals surface area contributed by atoms with Crippen LogP contribution in [0.25, 0.3) is 0 Å². The van der Waals surface area contributed by atoms with Crippen LogP contribution in [0, 0.1) is 0 Å². The summed E-state index contributed by atoms with van der Waals surface area (Å²) in [5.41, 5.74) is 0.429. The Kier molecular flexibility index (Phi) is 3.61. The number of imide groups is 2. The molecule has 2 heterocycles. The second-order valence-electron chi connectivity index (χ2n) is 4.94. The van der Waals surface area contributed by atoms with Crippen molar-refractivity contribution < 1.29 is 28.7 Å². The predicted octanol–water partition coefficient (Wildman–Crippen LogP) is -0.183. The molecule has 0 radical (unpaired) electrons. The smallest absolute Gasteiger partial charge is 0.334 e. The first-order valence-corrected chi connectivity index (χ1v) is 6.80. The summed E-state index contributed by atoms with van der Waals surface area (Å²) in [7, 11) is 1.18. The molecule has 0 unspecified atom stereocenters. The van der Waals surface area contributed by atoms with Crippen LogP contribution in [0.1, 0.15) is 0 Å². The fraction of sp³-hybridized carbons (Fsp3) is 0.286. The number of amides is 5. The van der Waals surface area contributed by atoms with Crippen LogP contribution in [0.15, 0.2) is 18.2 Å². The number of hydrogen-bond donors (Lipinski definition) is 1. The Hall–Kier alpha value is -3.10. The maximum absolute atomic E-state index is 12.0. The Labute approximate surface area is 130 Å². The van der Waals surface area contributed by atoms with Crippen molar-refractivity contribution in [1.82, 2.24) is 9.80 Å². The lowest BCUT2D eigenvalue weighted by Gasteiger charge is -2.19. The number of nitrogens with zero attached hydrogens (tertiary/aromatic N) is 2. The van der Waals surface area contributed by atoms with Gasteiger partial charge in [-0.25, -0.2) is 9.69 Å². The molecule has 0 spiro atoms. The highest BCUT2D eigenvalue weighted by Crippen LogP contribution is 2.32. The maximum atomic E-state index is 12.0. The zero-order chi connectivity index (χ0) is 16.6. The maximum Gasteiger partial charge on any atom is 0.334 e. The summed E-state index contributed by atoms with van der Waals surface area (Å²) >= 11 is 0. The topological polar surface area (TPSA) is 105 Å². The third kappa shape index (κ3) is 2.68. The molecule has 0 atom stereocenters. The van der Waals surface area contributed by atoms with Crippen LogP contribution in [0.4, 0.5) is 10.5 Å². The number of anilines is 1. The van der Waals surface area contributed by atoms with Crippen molar-refractivity contribution in [3.63, 3.8) is 0 Å². The molecular formula is C14H13N3O6. The van der Waals surface area contributed by atoms with Crippen molar-refractivity contribution in [1.29, 1.82) is 0 Å². The number of carbonyl (C=O) groups is 4. The van der Waals surface area contributed by atoms with Crippen molar-refractivity contribution in [3.05, 3.63) is 18.2 Å². The largest absolute Gasteiger partial charge is 0.486 e. The summed E-state index contributed by atoms with van der Waals surface area (Å²) in [6.07, 6.45) is 0. The summed E-state index contributed by atoms with van der Waals surface area (Å²) in [6.45, 7) is 0.331. The molecule has 1 aromatic rings. The van der Waals surface area contributed by atoms with Crippen LogP contribution in [0.2, 0.25) is 0 Å². The van der Waals surface area contributed by atoms with E-state index in [1.807, 2.05) is 0 Å². The van der Waals surface area contributed by atoms with Gasteiger partial charge in [0.25, 0.3) is 0 Å². The first-order chi connectivity index (χ1) is 11.0. The van der Waals surface area contributed by atoms with Crippen molar-refractivity contribution in [2.75, 3.05) is 32.1 Å². The Morgan fingerprint density at radius 1 is 1.13 bits per heavy atom. The van der Waals surface area contributed by atoms with E-state index in [4.69, 9.17) is 9.47 Å². The van der Waals surface area contributed by atoms with Gasteiger partial charge < -0.3 is 14.8 Å². The average molecular weight is 319 g/mol. The number of likely N-dealkylation sites (N-methyl/N-ethyl adjacent to an activating group) is 1. The monoisotopic (exact) mass is 319 g/mol. The first-order valence-electron chi connectivity index (χ1n) is 6.80. The molecule has 3 rings (SSSR count). The highest BCUT2D eigenvalue weighted by Gasteiger charge is 2.42. The summed E-state index contributed by atoms with van der Waals surface area (Å²) in [5.74, 6) is -1.51. The molecule has 0 aromatic heterocycles. The number of carbonyl (C=O) groups excluding carboxylic acids is 4. The van der Waals surface area contributed by atoms with E-state index in [0.29, 0.717) is 40.2 Å². The van der Waals surface area contributed by atoms with Crippen molar-refractivity contribution >= 4 is 29.4 Å². The molecule has 120 valence electrons. The molecule has 0 saturated carbocycles. The molecule has 9 nitrogen and oxygen atoms in total. The summed E-state index contributed by atoms with van der Waals surface area (Å²) < 4.78 is 10.8. The second-order valence-corrected chi connectivity index (χ2v) is 4.94. The van der Waals surface area contributed by atoms with Gasteiger partial charge in [0, 0.05) is 18.8 Å². The lowest BCUT2D eigenvalue weighted by atomic mass is 10.2. The number of urea groups is 1. The Morgan fingerprint density at radius 2 is 1.83 bits per heavy atom. The Bertz CT molecular complexity index is 716. The van der Waals surface area contributed by atoms with E-state index in [9.17, 15) is 19.2 Å². The molecular weight excluding hydrogens is 306 g/mol. The van der Waals surface area contributed by atoms with Gasteiger partial charge in [-0.1, -0.05) is 0 Å². The van der Waals surface area contributed by atoms with E-state index in [1.54, 1.807) is 18.2 Å². The van der Waals surface area contributed by atoms with Crippen molar-refractivity contribution in [3.8, 4) is 11.5 Å². The SMILES string of the molecule is CN1C(=O)C(=O)N(CC(=O)Nc2ccc3c(c2)OCCO3)C1=O. The summed E-state index contributed by atoms with van der Waals surface area (Å²) in [4.78, 5) is 47.9. The van der Waals surface area contributed by atoms with Gasteiger partial charge in [-0.2, -0.15) is 0 Å². The molecule has 1 N–H and O–H groups in total. The highest BCUT2D eigenvalue weighted by molar-refractivity contribution is 6.44. The second kappa shape index (κ2) is 5.59. The number of ether oxygens (including phenoxy) is 2. The standard InChI is InChI=1S/C14H13N3O6/c1-16-12(19)13(20)17(14(16)21)7-11(18)15-8-2-3-9-10(6-8)23-5-4-22-9/h2-3,6H,4-5,7H2,1H3,(H,15,18). The van der Waals surface area contributed by atoms with E-state index in [1.165, 1.54) is 7.05 Å². The van der Waals surface area contributed by atoms with E-state index < -0.39 is 30.3 Å². The molecule has 2 aliphatic rings. The fourth-order valence-electron chi connectivity index (χ4n) is 2.22. The van der Waals surface area contributed by atoms with Crippen LogP contribution in [-0.2, 0) is 14.4 Å². The molecule has 2 aliphatic heterocycles. The van der Waals surface area contributed by atoms with Crippen molar-refractivity contribution in [2.24, 2.45) is 0 Å². The van der Waals surface area contributed by atoms with Crippen LogP contribution in [0.3, 0.4) is 0 Å². The van der Waals surface area contributed by atoms with Crippen LogP contribution >= 0.6 is 0 Å². The third-order valence-electron chi connectivity index (χ3n) is 3.38. The van der Waals surface area contributed by atoms with Gasteiger partial charge in [-0.3, -0.25) is 19.3 Å². The highest BCUT2D eigenvalue weighted by atomic mass is 16.6.